The summed E-state index contributed by atoms with van der Waals surface area (Å²) in [5.41, 5.74) is 1.96. The van der Waals surface area contributed by atoms with Crippen LogP contribution in [0.25, 0.3) is 0 Å². The molecule has 1 fully saturated rings. The lowest BCUT2D eigenvalue weighted by Gasteiger charge is -2.38. The van der Waals surface area contributed by atoms with E-state index in [1.807, 2.05) is 42.5 Å². The fraction of sp³-hybridized carbons (Fsp3) is 0.316. The van der Waals surface area contributed by atoms with Crippen molar-refractivity contribution in [2.24, 2.45) is 5.92 Å². The second-order valence-corrected chi connectivity index (χ2v) is 6.08. The molecule has 2 atom stereocenters. The third kappa shape index (κ3) is 3.45. The van der Waals surface area contributed by atoms with Gasteiger partial charge in [0, 0.05) is 32.4 Å². The van der Waals surface area contributed by atoms with Crippen molar-refractivity contribution in [1.29, 1.82) is 0 Å². The summed E-state index contributed by atoms with van der Waals surface area (Å²) in [6.45, 7) is 0.447. The Morgan fingerprint density at radius 3 is 2.75 bits per heavy atom. The van der Waals surface area contributed by atoms with Gasteiger partial charge in [-0.3, -0.25) is 14.6 Å². The number of hydrogen-bond donors (Lipinski definition) is 1. The zero-order valence-corrected chi connectivity index (χ0v) is 13.7. The predicted molar refractivity (Wildman–Crippen MR) is 90.8 cm³/mol. The van der Waals surface area contributed by atoms with E-state index >= 15 is 0 Å². The van der Waals surface area contributed by atoms with E-state index in [0.29, 0.717) is 19.4 Å². The summed E-state index contributed by atoms with van der Waals surface area (Å²) < 4.78 is 0. The highest BCUT2D eigenvalue weighted by atomic mass is 16.2. The van der Waals surface area contributed by atoms with Crippen molar-refractivity contribution in [3.63, 3.8) is 0 Å². The highest BCUT2D eigenvalue weighted by molar-refractivity contribution is 5.84. The minimum absolute atomic E-state index is 0.0212. The molecule has 2 amide bonds. The summed E-state index contributed by atoms with van der Waals surface area (Å²) in [5, 5.41) is 2.99. The van der Waals surface area contributed by atoms with Crippen LogP contribution >= 0.6 is 0 Å². The Morgan fingerprint density at radius 1 is 1.25 bits per heavy atom. The first kappa shape index (κ1) is 16.2. The zero-order chi connectivity index (χ0) is 16.9. The van der Waals surface area contributed by atoms with Gasteiger partial charge < -0.3 is 10.2 Å². The van der Waals surface area contributed by atoms with Crippen LogP contribution in [0.2, 0.25) is 0 Å². The summed E-state index contributed by atoms with van der Waals surface area (Å²) in [4.78, 5) is 30.6. The SMILES string of the molecule is CN1C(=O)CC[C@H](C(=O)NCc2cccnc2)[C@H]1c1ccccc1. The number of carbonyl (C=O) groups is 2. The van der Waals surface area contributed by atoms with Crippen LogP contribution < -0.4 is 5.32 Å². The summed E-state index contributed by atoms with van der Waals surface area (Å²) in [7, 11) is 1.78. The van der Waals surface area contributed by atoms with Crippen LogP contribution in [0.4, 0.5) is 0 Å². The number of hydrogen-bond acceptors (Lipinski definition) is 3. The molecule has 3 rings (SSSR count). The molecule has 0 saturated carbocycles. The minimum Gasteiger partial charge on any atom is -0.352 e. The van der Waals surface area contributed by atoms with Crippen molar-refractivity contribution >= 4 is 11.8 Å². The number of benzene rings is 1. The fourth-order valence-corrected chi connectivity index (χ4v) is 3.24. The average molecular weight is 323 g/mol. The van der Waals surface area contributed by atoms with Crippen molar-refractivity contribution in [2.75, 3.05) is 7.05 Å². The maximum Gasteiger partial charge on any atom is 0.225 e. The van der Waals surface area contributed by atoms with Gasteiger partial charge in [-0.1, -0.05) is 36.4 Å². The smallest absolute Gasteiger partial charge is 0.225 e. The zero-order valence-electron chi connectivity index (χ0n) is 13.7. The first-order valence-corrected chi connectivity index (χ1v) is 8.14. The third-order valence-corrected chi connectivity index (χ3v) is 4.53. The van der Waals surface area contributed by atoms with Gasteiger partial charge in [-0.15, -0.1) is 0 Å². The number of piperidine rings is 1. The Hall–Kier alpha value is -2.69. The number of likely N-dealkylation sites (tertiary alicyclic amines) is 1. The molecule has 1 saturated heterocycles. The third-order valence-electron chi connectivity index (χ3n) is 4.53. The highest BCUT2D eigenvalue weighted by Crippen LogP contribution is 2.35. The molecule has 2 aromatic rings. The second kappa shape index (κ2) is 7.25. The molecule has 5 heteroatoms. The molecule has 0 aliphatic carbocycles. The number of nitrogens with zero attached hydrogens (tertiary/aromatic N) is 2. The summed E-state index contributed by atoms with van der Waals surface area (Å²) in [6.07, 6.45) is 4.43. The molecule has 0 spiro atoms. The summed E-state index contributed by atoms with van der Waals surface area (Å²) in [5.74, 6) is -0.181. The monoisotopic (exact) mass is 323 g/mol. The van der Waals surface area contributed by atoms with Crippen LogP contribution in [0.15, 0.2) is 54.9 Å². The molecule has 1 aliphatic heterocycles. The van der Waals surface area contributed by atoms with Gasteiger partial charge in [0.1, 0.15) is 0 Å². The predicted octanol–water partition coefficient (Wildman–Crippen LogP) is 2.31. The molecule has 0 unspecified atom stereocenters. The largest absolute Gasteiger partial charge is 0.352 e. The van der Waals surface area contributed by atoms with Crippen LogP contribution in [-0.2, 0) is 16.1 Å². The van der Waals surface area contributed by atoms with Gasteiger partial charge in [-0.2, -0.15) is 0 Å². The highest BCUT2D eigenvalue weighted by Gasteiger charge is 2.38. The van der Waals surface area contributed by atoms with E-state index in [2.05, 4.69) is 10.3 Å². The van der Waals surface area contributed by atoms with Crippen LogP contribution in [0.1, 0.15) is 30.0 Å². The second-order valence-electron chi connectivity index (χ2n) is 6.08. The topological polar surface area (TPSA) is 62.3 Å². The first-order chi connectivity index (χ1) is 11.7. The van der Waals surface area contributed by atoms with Gasteiger partial charge in [0.15, 0.2) is 0 Å². The first-order valence-electron chi connectivity index (χ1n) is 8.14. The van der Waals surface area contributed by atoms with E-state index in [9.17, 15) is 9.59 Å². The summed E-state index contributed by atoms with van der Waals surface area (Å²) in [6, 6.07) is 13.3. The number of pyridine rings is 1. The molecule has 0 radical (unpaired) electrons. The van der Waals surface area contributed by atoms with Crippen molar-refractivity contribution < 1.29 is 9.59 Å². The maximum absolute atomic E-state index is 12.7. The molecule has 1 aliphatic rings. The van der Waals surface area contributed by atoms with E-state index in [0.717, 1.165) is 11.1 Å². The number of carbonyl (C=O) groups excluding carboxylic acids is 2. The molecular formula is C19H21N3O2. The molecule has 1 aromatic carbocycles. The lowest BCUT2D eigenvalue weighted by Crippen LogP contribution is -2.46. The van der Waals surface area contributed by atoms with E-state index < -0.39 is 0 Å². The quantitative estimate of drug-likeness (QED) is 0.939. The number of rotatable bonds is 4. The summed E-state index contributed by atoms with van der Waals surface area (Å²) >= 11 is 0. The molecule has 1 N–H and O–H groups in total. The van der Waals surface area contributed by atoms with Crippen LogP contribution in [0.5, 0.6) is 0 Å². The van der Waals surface area contributed by atoms with Gasteiger partial charge in [0.05, 0.1) is 12.0 Å². The van der Waals surface area contributed by atoms with Crippen molar-refractivity contribution in [3.05, 3.63) is 66.0 Å². The van der Waals surface area contributed by atoms with Gasteiger partial charge in [0.25, 0.3) is 0 Å². The van der Waals surface area contributed by atoms with Crippen molar-refractivity contribution in [3.8, 4) is 0 Å². The van der Waals surface area contributed by atoms with Crippen molar-refractivity contribution in [2.45, 2.75) is 25.4 Å². The number of aromatic nitrogens is 1. The van der Waals surface area contributed by atoms with Gasteiger partial charge in [-0.05, 0) is 23.6 Å². The molecule has 5 nitrogen and oxygen atoms in total. The van der Waals surface area contributed by atoms with E-state index in [4.69, 9.17) is 0 Å². The molecule has 2 heterocycles. The number of amides is 2. The Labute approximate surface area is 141 Å². The molecule has 1 aromatic heterocycles. The Balaban J connectivity index is 1.76. The van der Waals surface area contributed by atoms with Crippen LogP contribution in [0.3, 0.4) is 0 Å². The van der Waals surface area contributed by atoms with Gasteiger partial charge >= 0.3 is 0 Å². The van der Waals surface area contributed by atoms with Crippen molar-refractivity contribution in [1.82, 2.24) is 15.2 Å². The fourth-order valence-electron chi connectivity index (χ4n) is 3.24. The van der Waals surface area contributed by atoms with E-state index in [1.54, 1.807) is 24.3 Å². The van der Waals surface area contributed by atoms with Crippen LogP contribution in [-0.4, -0.2) is 28.7 Å². The lowest BCUT2D eigenvalue weighted by molar-refractivity contribution is -0.141. The number of nitrogens with one attached hydrogen (secondary N) is 1. The average Bonchev–Trinajstić information content (AvgIpc) is 2.63. The van der Waals surface area contributed by atoms with Gasteiger partial charge in [0.2, 0.25) is 11.8 Å². The maximum atomic E-state index is 12.7. The minimum atomic E-state index is -0.244. The Bertz CT molecular complexity index is 703. The Kier molecular flexibility index (Phi) is 4.89. The molecular weight excluding hydrogens is 302 g/mol. The lowest BCUT2D eigenvalue weighted by atomic mass is 9.84. The standard InChI is InChI=1S/C19H21N3O2/c1-22-17(23)10-9-16(18(22)15-7-3-2-4-8-15)19(24)21-13-14-6-5-11-20-12-14/h2-8,11-12,16,18H,9-10,13H2,1H3,(H,21,24)/t16-,18+/m0/s1. The van der Waals surface area contributed by atoms with Crippen LogP contribution in [0, 0.1) is 5.92 Å². The Morgan fingerprint density at radius 2 is 2.04 bits per heavy atom. The normalized spacial score (nSPS) is 20.7. The van der Waals surface area contributed by atoms with Gasteiger partial charge in [-0.25, -0.2) is 0 Å². The van der Waals surface area contributed by atoms with E-state index in [1.165, 1.54) is 0 Å². The molecule has 0 bridgehead atoms. The molecule has 24 heavy (non-hydrogen) atoms. The van der Waals surface area contributed by atoms with E-state index in [-0.39, 0.29) is 23.8 Å². The molecule has 124 valence electrons.